The standard InChI is InChI=1S/C19H22FN3O3S/c1-13-4-5-14(9-17(13)20)22-18(24)10-15-12-26-7-6-23(15)19(25)21-11-16-3-2-8-27-16/h2-5,8-9,15H,6-7,10-12H2,1H3,(H,21,25)(H,22,24)/t15-/m1/s1. The highest BCUT2D eigenvalue weighted by Crippen LogP contribution is 2.16. The summed E-state index contributed by atoms with van der Waals surface area (Å²) < 4.78 is 19.1. The maximum atomic E-state index is 13.6. The van der Waals surface area contributed by atoms with Crippen LogP contribution >= 0.6 is 11.3 Å². The first kappa shape index (κ1) is 19.3. The molecule has 2 heterocycles. The molecular formula is C19H22FN3O3S. The zero-order chi connectivity index (χ0) is 19.2. The molecule has 27 heavy (non-hydrogen) atoms. The van der Waals surface area contributed by atoms with E-state index in [1.54, 1.807) is 35.3 Å². The molecule has 0 unspecified atom stereocenters. The Morgan fingerprint density at radius 1 is 1.37 bits per heavy atom. The van der Waals surface area contributed by atoms with E-state index >= 15 is 0 Å². The summed E-state index contributed by atoms with van der Waals surface area (Å²) in [6.07, 6.45) is 0.0852. The van der Waals surface area contributed by atoms with Crippen LogP contribution in [0.25, 0.3) is 0 Å². The van der Waals surface area contributed by atoms with Crippen LogP contribution in [0.15, 0.2) is 35.7 Å². The predicted molar refractivity (Wildman–Crippen MR) is 102 cm³/mol. The third-order valence-corrected chi connectivity index (χ3v) is 5.24. The average molecular weight is 391 g/mol. The van der Waals surface area contributed by atoms with Crippen molar-refractivity contribution in [2.24, 2.45) is 0 Å². The third kappa shape index (κ3) is 5.27. The van der Waals surface area contributed by atoms with E-state index in [0.29, 0.717) is 37.6 Å². The van der Waals surface area contributed by atoms with Gasteiger partial charge in [0.1, 0.15) is 5.82 Å². The van der Waals surface area contributed by atoms with Crippen LogP contribution in [0.5, 0.6) is 0 Å². The Kier molecular flexibility index (Phi) is 6.41. The van der Waals surface area contributed by atoms with Gasteiger partial charge in [-0.15, -0.1) is 11.3 Å². The van der Waals surface area contributed by atoms with Gasteiger partial charge in [0.05, 0.1) is 25.8 Å². The smallest absolute Gasteiger partial charge is 0.318 e. The summed E-state index contributed by atoms with van der Waals surface area (Å²) in [5.74, 6) is -0.659. The number of carbonyl (C=O) groups is 2. The molecule has 0 radical (unpaired) electrons. The van der Waals surface area contributed by atoms with Gasteiger partial charge in [-0.2, -0.15) is 0 Å². The predicted octanol–water partition coefficient (Wildman–Crippen LogP) is 3.13. The average Bonchev–Trinajstić information content (AvgIpc) is 3.17. The van der Waals surface area contributed by atoms with E-state index in [9.17, 15) is 14.0 Å². The van der Waals surface area contributed by atoms with Gasteiger partial charge in [-0.1, -0.05) is 12.1 Å². The molecule has 8 heteroatoms. The zero-order valence-corrected chi connectivity index (χ0v) is 15.9. The Balaban J connectivity index is 1.56. The summed E-state index contributed by atoms with van der Waals surface area (Å²) in [5, 5.41) is 7.52. The van der Waals surface area contributed by atoms with E-state index in [-0.39, 0.29) is 30.2 Å². The number of benzene rings is 1. The topological polar surface area (TPSA) is 70.7 Å². The van der Waals surface area contributed by atoms with Crippen molar-refractivity contribution in [3.05, 3.63) is 52.0 Å². The SMILES string of the molecule is Cc1ccc(NC(=O)C[C@@H]2COCCN2C(=O)NCc2cccs2)cc1F. The van der Waals surface area contributed by atoms with Gasteiger partial charge >= 0.3 is 6.03 Å². The number of anilines is 1. The Morgan fingerprint density at radius 3 is 2.96 bits per heavy atom. The molecule has 2 aromatic rings. The van der Waals surface area contributed by atoms with Crippen LogP contribution in [0.1, 0.15) is 16.9 Å². The van der Waals surface area contributed by atoms with Gasteiger partial charge in [0, 0.05) is 23.5 Å². The molecule has 1 aliphatic heterocycles. The van der Waals surface area contributed by atoms with Crippen LogP contribution in [0.2, 0.25) is 0 Å². The number of nitrogens with zero attached hydrogens (tertiary/aromatic N) is 1. The first-order valence-electron chi connectivity index (χ1n) is 8.73. The summed E-state index contributed by atoms with van der Waals surface area (Å²) in [5.41, 5.74) is 0.913. The Hall–Kier alpha value is -2.45. The number of aryl methyl sites for hydroxylation is 1. The molecule has 3 amide bonds. The lowest BCUT2D eigenvalue weighted by Crippen LogP contribution is -2.53. The molecule has 1 fully saturated rings. The van der Waals surface area contributed by atoms with Crippen LogP contribution in [0.4, 0.5) is 14.9 Å². The highest BCUT2D eigenvalue weighted by Gasteiger charge is 2.29. The van der Waals surface area contributed by atoms with Crippen LogP contribution in [0.3, 0.4) is 0 Å². The van der Waals surface area contributed by atoms with Crippen molar-refractivity contribution in [1.82, 2.24) is 10.2 Å². The largest absolute Gasteiger partial charge is 0.377 e. The molecule has 1 aromatic carbocycles. The number of rotatable bonds is 5. The van der Waals surface area contributed by atoms with Crippen LogP contribution in [-0.4, -0.2) is 42.6 Å². The second kappa shape index (κ2) is 8.96. The summed E-state index contributed by atoms with van der Waals surface area (Å²) in [6.45, 7) is 3.27. The molecule has 3 rings (SSSR count). The number of thiophene rings is 1. The molecule has 1 aliphatic rings. The van der Waals surface area contributed by atoms with Gasteiger partial charge in [-0.25, -0.2) is 9.18 Å². The summed E-state index contributed by atoms with van der Waals surface area (Å²) >= 11 is 1.57. The molecule has 2 N–H and O–H groups in total. The number of halogens is 1. The first-order chi connectivity index (χ1) is 13.0. The third-order valence-electron chi connectivity index (χ3n) is 4.36. The number of morpholine rings is 1. The van der Waals surface area contributed by atoms with Crippen LogP contribution < -0.4 is 10.6 Å². The van der Waals surface area contributed by atoms with Gasteiger partial charge in [-0.05, 0) is 36.1 Å². The number of carbonyl (C=O) groups excluding carboxylic acids is 2. The van der Waals surface area contributed by atoms with Crippen molar-refractivity contribution >= 4 is 29.0 Å². The molecule has 0 saturated carbocycles. The van der Waals surface area contributed by atoms with E-state index in [2.05, 4.69) is 10.6 Å². The van der Waals surface area contributed by atoms with Gasteiger partial charge < -0.3 is 20.3 Å². The molecule has 1 saturated heterocycles. The fourth-order valence-electron chi connectivity index (χ4n) is 2.87. The lowest BCUT2D eigenvalue weighted by Gasteiger charge is -2.35. The van der Waals surface area contributed by atoms with Gasteiger partial charge in [-0.3, -0.25) is 4.79 Å². The van der Waals surface area contributed by atoms with Gasteiger partial charge in [0.25, 0.3) is 0 Å². The number of amides is 3. The van der Waals surface area contributed by atoms with Crippen molar-refractivity contribution in [1.29, 1.82) is 0 Å². The summed E-state index contributed by atoms with van der Waals surface area (Å²) in [6, 6.07) is 7.86. The number of ether oxygens (including phenoxy) is 1. The quantitative estimate of drug-likeness (QED) is 0.823. The molecule has 0 aliphatic carbocycles. The highest BCUT2D eigenvalue weighted by molar-refractivity contribution is 7.09. The Morgan fingerprint density at radius 2 is 2.22 bits per heavy atom. The van der Waals surface area contributed by atoms with Crippen molar-refractivity contribution in [2.45, 2.75) is 25.9 Å². The Labute approximate surface area is 161 Å². The lowest BCUT2D eigenvalue weighted by molar-refractivity contribution is -0.118. The fourth-order valence-corrected chi connectivity index (χ4v) is 3.51. The number of hydrogen-bond acceptors (Lipinski definition) is 4. The van der Waals surface area contributed by atoms with Crippen molar-refractivity contribution in [3.63, 3.8) is 0 Å². The lowest BCUT2D eigenvalue weighted by atomic mass is 10.1. The molecular weight excluding hydrogens is 369 g/mol. The normalized spacial score (nSPS) is 16.8. The van der Waals surface area contributed by atoms with E-state index in [1.165, 1.54) is 6.07 Å². The minimum Gasteiger partial charge on any atom is -0.377 e. The van der Waals surface area contributed by atoms with Crippen molar-refractivity contribution in [3.8, 4) is 0 Å². The minimum atomic E-state index is -0.372. The summed E-state index contributed by atoms with van der Waals surface area (Å²) in [7, 11) is 0. The van der Waals surface area contributed by atoms with Gasteiger partial charge in [0.15, 0.2) is 0 Å². The molecule has 0 bridgehead atoms. The number of nitrogens with one attached hydrogen (secondary N) is 2. The molecule has 6 nitrogen and oxygen atoms in total. The van der Waals surface area contributed by atoms with Crippen LogP contribution in [0, 0.1) is 12.7 Å². The molecule has 1 atom stereocenters. The highest BCUT2D eigenvalue weighted by atomic mass is 32.1. The van der Waals surface area contributed by atoms with Crippen LogP contribution in [-0.2, 0) is 16.1 Å². The number of hydrogen-bond donors (Lipinski definition) is 2. The Bertz CT molecular complexity index is 798. The maximum absolute atomic E-state index is 13.6. The van der Waals surface area contributed by atoms with Crippen molar-refractivity contribution in [2.75, 3.05) is 25.1 Å². The van der Waals surface area contributed by atoms with Gasteiger partial charge in [0.2, 0.25) is 5.91 Å². The van der Waals surface area contributed by atoms with E-state index in [1.807, 2.05) is 17.5 Å². The minimum absolute atomic E-state index is 0.0852. The molecule has 1 aromatic heterocycles. The number of urea groups is 1. The maximum Gasteiger partial charge on any atom is 0.318 e. The van der Waals surface area contributed by atoms with Crippen molar-refractivity contribution < 1.29 is 18.7 Å². The molecule has 144 valence electrons. The fraction of sp³-hybridized carbons (Fsp3) is 0.368. The zero-order valence-electron chi connectivity index (χ0n) is 15.0. The van der Waals surface area contributed by atoms with E-state index in [4.69, 9.17) is 4.74 Å². The van der Waals surface area contributed by atoms with E-state index in [0.717, 1.165) is 4.88 Å². The van der Waals surface area contributed by atoms with E-state index < -0.39 is 0 Å². The monoisotopic (exact) mass is 391 g/mol. The second-order valence-corrected chi connectivity index (χ2v) is 7.41. The molecule has 0 spiro atoms. The second-order valence-electron chi connectivity index (χ2n) is 6.38. The first-order valence-corrected chi connectivity index (χ1v) is 9.61. The summed E-state index contributed by atoms with van der Waals surface area (Å²) in [4.78, 5) is 27.5.